The van der Waals surface area contributed by atoms with E-state index in [9.17, 15) is 13.2 Å². The molecule has 0 aliphatic heterocycles. The van der Waals surface area contributed by atoms with Gasteiger partial charge in [0.2, 0.25) is 0 Å². The number of rotatable bonds is 5. The highest BCUT2D eigenvalue weighted by Gasteiger charge is 2.30. The second kappa shape index (κ2) is 5.64. The molecular weight excluding hydrogens is 308 g/mol. The van der Waals surface area contributed by atoms with Crippen molar-refractivity contribution in [1.82, 2.24) is 0 Å². The molecule has 0 saturated heterocycles. The van der Waals surface area contributed by atoms with Gasteiger partial charge in [-0.25, -0.2) is 8.42 Å². The van der Waals surface area contributed by atoms with Gasteiger partial charge in [-0.1, -0.05) is 35.0 Å². The molecule has 0 aliphatic carbocycles. The van der Waals surface area contributed by atoms with Crippen molar-refractivity contribution < 1.29 is 18.3 Å². The summed E-state index contributed by atoms with van der Waals surface area (Å²) in [7, 11) is -3.65. The maximum atomic E-state index is 11.9. The van der Waals surface area contributed by atoms with Gasteiger partial charge in [-0.2, -0.15) is 0 Å². The molecule has 0 spiro atoms. The highest BCUT2D eigenvalue weighted by atomic mass is 79.9. The monoisotopic (exact) mass is 320 g/mol. The molecule has 1 aromatic carbocycles. The average Bonchev–Trinajstić information content (AvgIpc) is 2.21. The highest BCUT2D eigenvalue weighted by molar-refractivity contribution is 9.10. The predicted octanol–water partition coefficient (Wildman–Crippen LogP) is 2.23. The zero-order valence-electron chi connectivity index (χ0n) is 9.26. The molecule has 0 amide bonds. The van der Waals surface area contributed by atoms with Crippen LogP contribution in [0.2, 0.25) is 0 Å². The minimum Gasteiger partial charge on any atom is -0.480 e. The zero-order chi connectivity index (χ0) is 13.1. The molecule has 17 heavy (non-hydrogen) atoms. The molecule has 1 rings (SSSR count). The van der Waals surface area contributed by atoms with Crippen LogP contribution in [0.1, 0.15) is 18.9 Å². The van der Waals surface area contributed by atoms with Crippen molar-refractivity contribution >= 4 is 31.7 Å². The summed E-state index contributed by atoms with van der Waals surface area (Å²) >= 11 is 3.25. The molecule has 0 saturated carbocycles. The van der Waals surface area contributed by atoms with Gasteiger partial charge in [-0.15, -0.1) is 0 Å². The summed E-state index contributed by atoms with van der Waals surface area (Å²) < 4.78 is 24.6. The molecule has 1 atom stereocenters. The van der Waals surface area contributed by atoms with Crippen LogP contribution in [-0.4, -0.2) is 24.7 Å². The lowest BCUT2D eigenvalue weighted by Crippen LogP contribution is -2.30. The number of halogens is 1. The minimum absolute atomic E-state index is 0.0776. The lowest BCUT2D eigenvalue weighted by atomic mass is 10.2. The van der Waals surface area contributed by atoms with E-state index in [-0.39, 0.29) is 12.2 Å². The zero-order valence-corrected chi connectivity index (χ0v) is 11.7. The molecule has 1 N–H and O–H groups in total. The van der Waals surface area contributed by atoms with E-state index in [1.54, 1.807) is 31.2 Å². The van der Waals surface area contributed by atoms with E-state index in [2.05, 4.69) is 15.9 Å². The topological polar surface area (TPSA) is 71.4 Å². The van der Waals surface area contributed by atoms with Crippen molar-refractivity contribution in [3.05, 3.63) is 34.3 Å². The first-order chi connectivity index (χ1) is 7.86. The predicted molar refractivity (Wildman–Crippen MR) is 68.5 cm³/mol. The second-order valence-corrected chi connectivity index (χ2v) is 6.77. The number of carbonyl (C=O) groups is 1. The molecule has 0 radical (unpaired) electrons. The number of aliphatic carboxylic acids is 1. The van der Waals surface area contributed by atoms with E-state index in [1.165, 1.54) is 0 Å². The number of benzene rings is 1. The minimum atomic E-state index is -3.65. The summed E-state index contributed by atoms with van der Waals surface area (Å²) in [6, 6.07) is 6.78. The smallest absolute Gasteiger partial charge is 0.321 e. The molecule has 0 heterocycles. The van der Waals surface area contributed by atoms with Crippen LogP contribution in [0.15, 0.2) is 28.7 Å². The molecule has 0 fully saturated rings. The fraction of sp³-hybridized carbons (Fsp3) is 0.364. The number of hydrogen-bond acceptors (Lipinski definition) is 3. The summed E-state index contributed by atoms with van der Waals surface area (Å²) in [6.45, 7) is 1.55. The third-order valence-corrected chi connectivity index (χ3v) is 5.03. The summed E-state index contributed by atoms with van der Waals surface area (Å²) in [4.78, 5) is 10.8. The molecular formula is C11H13BrO4S. The van der Waals surface area contributed by atoms with Gasteiger partial charge in [0.05, 0.1) is 5.75 Å². The van der Waals surface area contributed by atoms with Gasteiger partial charge in [-0.3, -0.25) is 4.79 Å². The highest BCUT2D eigenvalue weighted by Crippen LogP contribution is 2.16. The largest absolute Gasteiger partial charge is 0.480 e. The number of sulfone groups is 1. The lowest BCUT2D eigenvalue weighted by molar-refractivity contribution is -0.136. The average molecular weight is 321 g/mol. The number of hydrogen-bond donors (Lipinski definition) is 1. The SMILES string of the molecule is CCC(C(=O)O)S(=O)(=O)Cc1ccc(Br)cc1. The van der Waals surface area contributed by atoms with Crippen LogP contribution in [0.4, 0.5) is 0 Å². The summed E-state index contributed by atoms with van der Waals surface area (Å²) in [5.74, 6) is -1.53. The molecule has 94 valence electrons. The van der Waals surface area contributed by atoms with Gasteiger partial charge in [0.25, 0.3) is 0 Å². The van der Waals surface area contributed by atoms with Gasteiger partial charge in [-0.05, 0) is 24.1 Å². The number of carboxylic acid groups (broad SMARTS) is 1. The van der Waals surface area contributed by atoms with Crippen molar-refractivity contribution in [2.45, 2.75) is 24.3 Å². The van der Waals surface area contributed by atoms with E-state index in [0.717, 1.165) is 4.47 Å². The van der Waals surface area contributed by atoms with E-state index in [0.29, 0.717) is 5.56 Å². The molecule has 0 aromatic heterocycles. The van der Waals surface area contributed by atoms with Crippen LogP contribution < -0.4 is 0 Å². The molecule has 6 heteroatoms. The normalized spacial score (nSPS) is 13.3. The van der Waals surface area contributed by atoms with Crippen LogP contribution >= 0.6 is 15.9 Å². The van der Waals surface area contributed by atoms with E-state index in [1.807, 2.05) is 0 Å². The van der Waals surface area contributed by atoms with Crippen LogP contribution in [0, 0.1) is 0 Å². The second-order valence-electron chi connectivity index (χ2n) is 3.67. The van der Waals surface area contributed by atoms with Crippen molar-refractivity contribution in [3.63, 3.8) is 0 Å². The molecule has 0 aliphatic rings. The van der Waals surface area contributed by atoms with Crippen LogP contribution in [0.25, 0.3) is 0 Å². The maximum absolute atomic E-state index is 11.9. The van der Waals surface area contributed by atoms with Gasteiger partial charge in [0, 0.05) is 4.47 Å². The first kappa shape index (κ1) is 14.2. The van der Waals surface area contributed by atoms with Gasteiger partial charge in [0.15, 0.2) is 15.1 Å². The Bertz CT molecular complexity index is 493. The Kier molecular flexibility index (Phi) is 4.70. The van der Waals surface area contributed by atoms with Crippen molar-refractivity contribution in [2.75, 3.05) is 0 Å². The van der Waals surface area contributed by atoms with Crippen LogP contribution in [-0.2, 0) is 20.4 Å². The van der Waals surface area contributed by atoms with Gasteiger partial charge >= 0.3 is 5.97 Å². The summed E-state index contributed by atoms with van der Waals surface area (Å²) in [6.07, 6.45) is 0.0776. The Morgan fingerprint density at radius 2 is 1.88 bits per heavy atom. The van der Waals surface area contributed by atoms with Crippen molar-refractivity contribution in [1.29, 1.82) is 0 Å². The van der Waals surface area contributed by atoms with E-state index < -0.39 is 21.1 Å². The Morgan fingerprint density at radius 1 is 1.35 bits per heavy atom. The Morgan fingerprint density at radius 3 is 2.29 bits per heavy atom. The summed E-state index contributed by atoms with van der Waals surface area (Å²) in [5, 5.41) is 7.52. The molecule has 1 aromatic rings. The first-order valence-corrected chi connectivity index (χ1v) is 7.56. The van der Waals surface area contributed by atoms with Crippen LogP contribution in [0.5, 0.6) is 0 Å². The Hall–Kier alpha value is -0.880. The fourth-order valence-corrected chi connectivity index (χ4v) is 3.43. The van der Waals surface area contributed by atoms with E-state index in [4.69, 9.17) is 5.11 Å². The lowest BCUT2D eigenvalue weighted by Gasteiger charge is -2.11. The summed E-state index contributed by atoms with van der Waals surface area (Å²) in [5.41, 5.74) is 0.591. The Labute approximate surface area is 109 Å². The maximum Gasteiger partial charge on any atom is 0.321 e. The Balaban J connectivity index is 2.93. The molecule has 1 unspecified atom stereocenters. The standard InChI is InChI=1S/C11H13BrO4S/c1-2-10(11(13)14)17(15,16)7-8-3-5-9(12)6-4-8/h3-6,10H,2,7H2,1H3,(H,13,14). The van der Waals surface area contributed by atoms with Gasteiger partial charge < -0.3 is 5.11 Å². The molecule has 4 nitrogen and oxygen atoms in total. The fourth-order valence-electron chi connectivity index (χ4n) is 1.50. The molecule has 0 bridgehead atoms. The number of carboxylic acids is 1. The van der Waals surface area contributed by atoms with E-state index >= 15 is 0 Å². The first-order valence-electron chi connectivity index (χ1n) is 5.05. The third kappa shape index (κ3) is 3.81. The van der Waals surface area contributed by atoms with Crippen molar-refractivity contribution in [3.8, 4) is 0 Å². The van der Waals surface area contributed by atoms with Crippen LogP contribution in [0.3, 0.4) is 0 Å². The quantitative estimate of drug-likeness (QED) is 0.903. The van der Waals surface area contributed by atoms with Crippen molar-refractivity contribution in [2.24, 2.45) is 0 Å². The van der Waals surface area contributed by atoms with Gasteiger partial charge in [0.1, 0.15) is 0 Å². The third-order valence-electron chi connectivity index (χ3n) is 2.36.